The molecule has 0 fully saturated rings. The number of ether oxygens (including phenoxy) is 4. The third-order valence-corrected chi connectivity index (χ3v) is 5.20. The second-order valence-corrected chi connectivity index (χ2v) is 7.22. The molecule has 0 saturated heterocycles. The van der Waals surface area contributed by atoms with Gasteiger partial charge in [0, 0.05) is 6.54 Å². The average molecular weight is 441 g/mol. The van der Waals surface area contributed by atoms with E-state index in [9.17, 15) is 19.4 Å². The summed E-state index contributed by atoms with van der Waals surface area (Å²) in [6.45, 7) is 1.44. The fraction of sp³-hybridized carbons (Fsp3) is 0.500. The molecule has 0 aliphatic carbocycles. The van der Waals surface area contributed by atoms with E-state index >= 15 is 0 Å². The van der Waals surface area contributed by atoms with Crippen molar-refractivity contribution in [2.75, 3.05) is 33.3 Å². The molecule has 2 N–H and O–H groups in total. The summed E-state index contributed by atoms with van der Waals surface area (Å²) in [5.41, 5.74) is 0.610. The molecule has 2 rings (SSSR count). The lowest BCUT2D eigenvalue weighted by atomic mass is 9.72. The van der Waals surface area contributed by atoms with E-state index < -0.39 is 32.0 Å². The van der Waals surface area contributed by atoms with Crippen LogP contribution in [-0.4, -0.2) is 75.1 Å². The molecule has 0 amide bonds. The zero-order valence-electron chi connectivity index (χ0n) is 16.9. The van der Waals surface area contributed by atoms with Crippen molar-refractivity contribution in [2.24, 2.45) is 0 Å². The van der Waals surface area contributed by atoms with Gasteiger partial charge in [-0.1, -0.05) is 6.07 Å². The first-order chi connectivity index (χ1) is 14.4. The SMILES string of the molecule is CCOC(=O)OCOC(=O)c1c(OC)ccc2c1OB(O)C(NCC(C=O)SC)C2. The molecule has 164 valence electrons. The molecule has 0 radical (unpaired) electrons. The maximum atomic E-state index is 12.6. The fourth-order valence-corrected chi connectivity index (χ4v) is 3.17. The Labute approximate surface area is 178 Å². The lowest BCUT2D eigenvalue weighted by Crippen LogP contribution is -2.52. The van der Waals surface area contributed by atoms with Gasteiger partial charge in [0.25, 0.3) is 0 Å². The summed E-state index contributed by atoms with van der Waals surface area (Å²) in [6, 6.07) is 3.29. The molecule has 1 aliphatic heterocycles. The van der Waals surface area contributed by atoms with E-state index in [0.29, 0.717) is 18.5 Å². The smallest absolute Gasteiger partial charge is 0.534 e. The average Bonchev–Trinajstić information content (AvgIpc) is 2.73. The molecular formula is C18H24BNO9S. The zero-order chi connectivity index (χ0) is 22.1. The molecule has 1 aliphatic rings. The Kier molecular flexibility index (Phi) is 9.28. The topological polar surface area (TPSA) is 130 Å². The van der Waals surface area contributed by atoms with Crippen molar-refractivity contribution in [1.82, 2.24) is 5.32 Å². The minimum Gasteiger partial charge on any atom is -0.534 e. The molecule has 30 heavy (non-hydrogen) atoms. The summed E-state index contributed by atoms with van der Waals surface area (Å²) in [6.07, 6.45) is 2.03. The maximum absolute atomic E-state index is 12.6. The van der Waals surface area contributed by atoms with Crippen molar-refractivity contribution in [3.8, 4) is 11.5 Å². The number of hydrogen-bond donors (Lipinski definition) is 2. The Bertz CT molecular complexity index is 763. The van der Waals surface area contributed by atoms with Crippen LogP contribution in [0.4, 0.5) is 4.79 Å². The van der Waals surface area contributed by atoms with Gasteiger partial charge in [-0.15, -0.1) is 0 Å². The number of hydrogen-bond acceptors (Lipinski definition) is 11. The highest BCUT2D eigenvalue weighted by molar-refractivity contribution is 7.99. The number of aldehydes is 1. The quantitative estimate of drug-likeness (QED) is 0.232. The van der Waals surface area contributed by atoms with Gasteiger partial charge in [0.1, 0.15) is 23.3 Å². The fourth-order valence-electron chi connectivity index (χ4n) is 2.80. The number of benzene rings is 1. The molecule has 2 unspecified atom stereocenters. The Morgan fingerprint density at radius 1 is 1.40 bits per heavy atom. The molecule has 1 aromatic rings. The number of fused-ring (bicyclic) bond motifs is 1. The first kappa shape index (κ1) is 23.8. The standard InChI is InChI=1S/C18H24BNO9S/c1-4-26-18(23)28-10-27-17(22)15-13(25-2)6-5-11-7-14(19(24)29-16(11)15)20-8-12(9-21)30-3/h5-6,9,12,14,20,24H,4,7-8,10H2,1-3H3. The first-order valence-corrected chi connectivity index (χ1v) is 10.5. The highest BCUT2D eigenvalue weighted by atomic mass is 32.2. The first-order valence-electron chi connectivity index (χ1n) is 9.17. The van der Waals surface area contributed by atoms with Gasteiger partial charge in [-0.3, -0.25) is 0 Å². The van der Waals surface area contributed by atoms with E-state index in [-0.39, 0.29) is 28.9 Å². The van der Waals surface area contributed by atoms with Gasteiger partial charge in [-0.25, -0.2) is 9.59 Å². The monoisotopic (exact) mass is 441 g/mol. The van der Waals surface area contributed by atoms with Crippen molar-refractivity contribution >= 4 is 37.3 Å². The van der Waals surface area contributed by atoms with Crippen LogP contribution in [0.1, 0.15) is 22.8 Å². The van der Waals surface area contributed by atoms with E-state index in [1.54, 1.807) is 19.1 Å². The van der Waals surface area contributed by atoms with Crippen LogP contribution >= 0.6 is 11.8 Å². The zero-order valence-corrected chi connectivity index (χ0v) is 17.7. The lowest BCUT2D eigenvalue weighted by molar-refractivity contribution is -0.107. The van der Waals surface area contributed by atoms with E-state index in [1.807, 2.05) is 6.26 Å². The predicted octanol–water partition coefficient (Wildman–Crippen LogP) is 0.826. The number of methoxy groups -OCH3 is 1. The minimum absolute atomic E-state index is 0.0326. The molecule has 0 saturated carbocycles. The summed E-state index contributed by atoms with van der Waals surface area (Å²) in [4.78, 5) is 34.7. The van der Waals surface area contributed by atoms with Gasteiger partial charge >= 0.3 is 19.2 Å². The van der Waals surface area contributed by atoms with Crippen molar-refractivity contribution in [3.05, 3.63) is 23.3 Å². The third kappa shape index (κ3) is 6.03. The lowest BCUT2D eigenvalue weighted by Gasteiger charge is -2.30. The number of carbonyl (C=O) groups excluding carboxylic acids is 3. The minimum atomic E-state index is -1.26. The van der Waals surface area contributed by atoms with Crippen LogP contribution in [0.3, 0.4) is 0 Å². The van der Waals surface area contributed by atoms with Crippen molar-refractivity contribution in [3.63, 3.8) is 0 Å². The van der Waals surface area contributed by atoms with Gasteiger partial charge in [0.05, 0.1) is 24.9 Å². The number of carbonyl (C=O) groups is 3. The van der Waals surface area contributed by atoms with Gasteiger partial charge < -0.3 is 38.7 Å². The molecule has 2 atom stereocenters. The van der Waals surface area contributed by atoms with Crippen LogP contribution in [0.15, 0.2) is 12.1 Å². The molecule has 1 heterocycles. The summed E-state index contributed by atoms with van der Waals surface area (Å²) in [7, 11) is 0.111. The van der Waals surface area contributed by atoms with Crippen LogP contribution < -0.4 is 14.7 Å². The van der Waals surface area contributed by atoms with E-state index in [4.69, 9.17) is 14.1 Å². The summed E-state index contributed by atoms with van der Waals surface area (Å²) in [5.74, 6) is -1.03. The normalized spacial score (nSPS) is 16.0. The van der Waals surface area contributed by atoms with Gasteiger partial charge in [-0.05, 0) is 31.2 Å². The van der Waals surface area contributed by atoms with Crippen molar-refractivity contribution in [1.29, 1.82) is 0 Å². The molecular weight excluding hydrogens is 417 g/mol. The summed E-state index contributed by atoms with van der Waals surface area (Å²) >= 11 is 1.39. The second kappa shape index (κ2) is 11.7. The number of thioether (sulfide) groups is 1. The second-order valence-electron chi connectivity index (χ2n) is 6.15. The van der Waals surface area contributed by atoms with Crippen LogP contribution in [0.2, 0.25) is 0 Å². The van der Waals surface area contributed by atoms with E-state index in [0.717, 1.165) is 6.29 Å². The predicted molar refractivity (Wildman–Crippen MR) is 109 cm³/mol. The third-order valence-electron chi connectivity index (χ3n) is 4.31. The Morgan fingerprint density at radius 3 is 2.80 bits per heavy atom. The summed E-state index contributed by atoms with van der Waals surface area (Å²) < 4.78 is 25.0. The maximum Gasteiger partial charge on any atom is 0.541 e. The summed E-state index contributed by atoms with van der Waals surface area (Å²) in [5, 5.41) is 13.2. The molecule has 10 nitrogen and oxygen atoms in total. The molecule has 0 aromatic heterocycles. The largest absolute Gasteiger partial charge is 0.541 e. The highest BCUT2D eigenvalue weighted by Crippen LogP contribution is 2.36. The van der Waals surface area contributed by atoms with Crippen molar-refractivity contribution in [2.45, 2.75) is 24.5 Å². The molecule has 0 bridgehead atoms. The van der Waals surface area contributed by atoms with Gasteiger partial charge in [0.15, 0.2) is 0 Å². The Morgan fingerprint density at radius 2 is 2.17 bits per heavy atom. The molecule has 12 heteroatoms. The molecule has 1 aromatic carbocycles. The van der Waals surface area contributed by atoms with Crippen LogP contribution in [0, 0.1) is 0 Å². The Hall–Kier alpha value is -2.44. The number of nitrogens with one attached hydrogen (secondary N) is 1. The highest BCUT2D eigenvalue weighted by Gasteiger charge is 2.38. The van der Waals surface area contributed by atoms with Gasteiger partial charge in [0.2, 0.25) is 6.79 Å². The van der Waals surface area contributed by atoms with Crippen LogP contribution in [0.5, 0.6) is 11.5 Å². The number of esters is 1. The molecule has 0 spiro atoms. The van der Waals surface area contributed by atoms with E-state index in [1.165, 1.54) is 18.9 Å². The van der Waals surface area contributed by atoms with Crippen molar-refractivity contribution < 1.29 is 43.0 Å². The van der Waals surface area contributed by atoms with Gasteiger partial charge in [-0.2, -0.15) is 11.8 Å². The number of rotatable bonds is 10. The Balaban J connectivity index is 2.14. The van der Waals surface area contributed by atoms with Crippen LogP contribution in [-0.2, 0) is 25.4 Å². The van der Waals surface area contributed by atoms with Crippen LogP contribution in [0.25, 0.3) is 0 Å². The van der Waals surface area contributed by atoms with E-state index in [2.05, 4.69) is 14.8 Å².